The maximum absolute atomic E-state index is 12.4. The van der Waals surface area contributed by atoms with Gasteiger partial charge in [0.1, 0.15) is 0 Å². The number of rotatable bonds is 6. The molecule has 1 aromatic heterocycles. The standard InChI is InChI=1S/C19H20Cl2N4O/c1-25(2)15(8-12-3-6-18-14(7-12)10-23-24-18)11-22-19(26)13-4-5-16(20)17(21)9-13/h3-7,9-10,15H,8,11H2,1-2H3,(H,22,26)(H,23,24)/t15-/m0/s1. The summed E-state index contributed by atoms with van der Waals surface area (Å²) >= 11 is 11.9. The molecule has 0 bridgehead atoms. The molecule has 0 aliphatic rings. The molecule has 1 amide bonds. The van der Waals surface area contributed by atoms with E-state index in [1.807, 2.05) is 26.4 Å². The Morgan fingerprint density at radius 2 is 2.00 bits per heavy atom. The first-order valence-corrected chi connectivity index (χ1v) is 9.01. The van der Waals surface area contributed by atoms with Gasteiger partial charge >= 0.3 is 0 Å². The van der Waals surface area contributed by atoms with Crippen LogP contribution in [0.3, 0.4) is 0 Å². The van der Waals surface area contributed by atoms with Crippen molar-refractivity contribution in [3.63, 3.8) is 0 Å². The van der Waals surface area contributed by atoms with Gasteiger partial charge in [-0.25, -0.2) is 0 Å². The van der Waals surface area contributed by atoms with Crippen molar-refractivity contribution in [2.45, 2.75) is 12.5 Å². The van der Waals surface area contributed by atoms with Gasteiger partial charge in [-0.15, -0.1) is 0 Å². The minimum Gasteiger partial charge on any atom is -0.350 e. The molecule has 0 fully saturated rings. The Morgan fingerprint density at radius 1 is 1.19 bits per heavy atom. The summed E-state index contributed by atoms with van der Waals surface area (Å²) in [5.41, 5.74) is 2.71. The highest BCUT2D eigenvalue weighted by Crippen LogP contribution is 2.22. The molecule has 3 aromatic rings. The summed E-state index contributed by atoms with van der Waals surface area (Å²) in [6, 6.07) is 11.3. The van der Waals surface area contributed by atoms with Gasteiger partial charge in [0.05, 0.1) is 21.8 Å². The maximum Gasteiger partial charge on any atom is 0.251 e. The van der Waals surface area contributed by atoms with Crippen LogP contribution in [0.5, 0.6) is 0 Å². The van der Waals surface area contributed by atoms with E-state index >= 15 is 0 Å². The van der Waals surface area contributed by atoms with Crippen LogP contribution in [0.2, 0.25) is 10.0 Å². The van der Waals surface area contributed by atoms with Gasteiger partial charge in [-0.05, 0) is 56.4 Å². The van der Waals surface area contributed by atoms with Gasteiger partial charge in [-0.2, -0.15) is 5.10 Å². The lowest BCUT2D eigenvalue weighted by molar-refractivity contribution is 0.0941. The van der Waals surface area contributed by atoms with Crippen molar-refractivity contribution < 1.29 is 4.79 Å². The number of H-pyrrole nitrogens is 1. The maximum atomic E-state index is 12.4. The number of amides is 1. The molecule has 0 unspecified atom stereocenters. The van der Waals surface area contributed by atoms with Crippen molar-refractivity contribution >= 4 is 40.0 Å². The quantitative estimate of drug-likeness (QED) is 0.673. The molecule has 5 nitrogen and oxygen atoms in total. The zero-order valence-electron chi connectivity index (χ0n) is 14.6. The molecule has 0 spiro atoms. The number of aromatic amines is 1. The summed E-state index contributed by atoms with van der Waals surface area (Å²) in [7, 11) is 4.01. The van der Waals surface area contributed by atoms with Crippen molar-refractivity contribution in [3.8, 4) is 0 Å². The van der Waals surface area contributed by atoms with Gasteiger partial charge in [0.15, 0.2) is 0 Å². The summed E-state index contributed by atoms with van der Waals surface area (Å²) in [5.74, 6) is -0.166. The average molecular weight is 391 g/mol. The SMILES string of the molecule is CN(C)[C@H](CNC(=O)c1ccc(Cl)c(Cl)c1)Cc1ccc2[nH]ncc2c1. The van der Waals surface area contributed by atoms with Crippen LogP contribution in [-0.2, 0) is 6.42 Å². The number of hydrogen-bond donors (Lipinski definition) is 2. The minimum atomic E-state index is -0.166. The van der Waals surface area contributed by atoms with E-state index in [9.17, 15) is 4.79 Å². The Morgan fingerprint density at radius 3 is 2.73 bits per heavy atom. The lowest BCUT2D eigenvalue weighted by atomic mass is 10.0. The van der Waals surface area contributed by atoms with Gasteiger partial charge < -0.3 is 10.2 Å². The molecule has 0 radical (unpaired) electrons. The lowest BCUT2D eigenvalue weighted by Crippen LogP contribution is -2.41. The monoisotopic (exact) mass is 390 g/mol. The molecule has 2 aromatic carbocycles. The first-order chi connectivity index (χ1) is 12.4. The fourth-order valence-electron chi connectivity index (χ4n) is 2.78. The zero-order chi connectivity index (χ0) is 18.7. The molecule has 7 heteroatoms. The third-order valence-corrected chi connectivity index (χ3v) is 5.13. The normalized spacial score (nSPS) is 12.5. The minimum absolute atomic E-state index is 0.158. The number of carbonyl (C=O) groups excluding carboxylic acids is 1. The molecule has 0 aliphatic carbocycles. The number of aromatic nitrogens is 2. The molecule has 1 atom stereocenters. The predicted molar refractivity (Wildman–Crippen MR) is 106 cm³/mol. The molecule has 0 saturated carbocycles. The van der Waals surface area contributed by atoms with E-state index in [2.05, 4.69) is 32.5 Å². The average Bonchev–Trinajstić information content (AvgIpc) is 3.08. The highest BCUT2D eigenvalue weighted by molar-refractivity contribution is 6.42. The second-order valence-corrected chi connectivity index (χ2v) is 7.27. The number of carbonyl (C=O) groups is 1. The van der Waals surface area contributed by atoms with Crippen LogP contribution in [0, 0.1) is 0 Å². The van der Waals surface area contributed by atoms with Crippen LogP contribution < -0.4 is 5.32 Å². The van der Waals surface area contributed by atoms with Gasteiger partial charge in [0, 0.05) is 23.5 Å². The molecular formula is C19H20Cl2N4O. The predicted octanol–water partition coefficient (Wildman–Crippen LogP) is 3.77. The number of likely N-dealkylation sites (N-methyl/N-ethyl adjacent to an activating group) is 1. The van der Waals surface area contributed by atoms with Crippen LogP contribution in [0.1, 0.15) is 15.9 Å². The Hall–Kier alpha value is -2.08. The van der Waals surface area contributed by atoms with E-state index in [0.717, 1.165) is 17.3 Å². The highest BCUT2D eigenvalue weighted by atomic mass is 35.5. The van der Waals surface area contributed by atoms with E-state index in [0.29, 0.717) is 22.2 Å². The van der Waals surface area contributed by atoms with E-state index in [4.69, 9.17) is 23.2 Å². The van der Waals surface area contributed by atoms with Gasteiger partial charge in [-0.1, -0.05) is 29.3 Å². The topological polar surface area (TPSA) is 61.0 Å². The summed E-state index contributed by atoms with van der Waals surface area (Å²) in [5, 5.41) is 11.9. The molecule has 136 valence electrons. The van der Waals surface area contributed by atoms with Crippen LogP contribution >= 0.6 is 23.2 Å². The molecule has 0 saturated heterocycles. The largest absolute Gasteiger partial charge is 0.350 e. The molecular weight excluding hydrogens is 371 g/mol. The van der Waals surface area contributed by atoms with E-state index < -0.39 is 0 Å². The molecule has 3 rings (SSSR count). The summed E-state index contributed by atoms with van der Waals surface area (Å²) < 4.78 is 0. The molecule has 26 heavy (non-hydrogen) atoms. The Balaban J connectivity index is 1.66. The van der Waals surface area contributed by atoms with Gasteiger partial charge in [-0.3, -0.25) is 9.89 Å². The van der Waals surface area contributed by atoms with E-state index in [1.165, 1.54) is 5.56 Å². The van der Waals surface area contributed by atoms with Crippen molar-refractivity contribution in [1.29, 1.82) is 0 Å². The van der Waals surface area contributed by atoms with Crippen LogP contribution in [0.4, 0.5) is 0 Å². The van der Waals surface area contributed by atoms with Crippen LogP contribution in [-0.4, -0.2) is 47.7 Å². The number of fused-ring (bicyclic) bond motifs is 1. The lowest BCUT2D eigenvalue weighted by Gasteiger charge is -2.25. The van der Waals surface area contributed by atoms with Crippen molar-refractivity contribution in [3.05, 3.63) is 63.8 Å². The summed E-state index contributed by atoms with van der Waals surface area (Å²) in [4.78, 5) is 14.5. The Bertz CT molecular complexity index is 923. The first kappa shape index (κ1) is 18.7. The number of nitrogens with zero attached hydrogens (tertiary/aromatic N) is 2. The van der Waals surface area contributed by atoms with Gasteiger partial charge in [0.25, 0.3) is 5.91 Å². The van der Waals surface area contributed by atoms with Crippen molar-refractivity contribution in [1.82, 2.24) is 20.4 Å². The zero-order valence-corrected chi connectivity index (χ0v) is 16.1. The number of halogens is 2. The second kappa shape index (κ2) is 8.08. The van der Waals surface area contributed by atoms with Crippen molar-refractivity contribution in [2.24, 2.45) is 0 Å². The second-order valence-electron chi connectivity index (χ2n) is 6.45. The summed E-state index contributed by atoms with van der Waals surface area (Å²) in [6.07, 6.45) is 2.63. The fraction of sp³-hybridized carbons (Fsp3) is 0.263. The molecule has 2 N–H and O–H groups in total. The third-order valence-electron chi connectivity index (χ3n) is 4.39. The highest BCUT2D eigenvalue weighted by Gasteiger charge is 2.15. The molecule has 0 aliphatic heterocycles. The molecule has 1 heterocycles. The number of benzene rings is 2. The van der Waals surface area contributed by atoms with E-state index in [1.54, 1.807) is 18.2 Å². The van der Waals surface area contributed by atoms with E-state index in [-0.39, 0.29) is 11.9 Å². The Labute approximate surface area is 162 Å². The third kappa shape index (κ3) is 4.36. The smallest absolute Gasteiger partial charge is 0.251 e. The number of nitrogens with one attached hydrogen (secondary N) is 2. The van der Waals surface area contributed by atoms with Crippen LogP contribution in [0.25, 0.3) is 10.9 Å². The number of hydrogen-bond acceptors (Lipinski definition) is 3. The first-order valence-electron chi connectivity index (χ1n) is 8.25. The van der Waals surface area contributed by atoms with Gasteiger partial charge in [0.2, 0.25) is 0 Å². The van der Waals surface area contributed by atoms with Crippen molar-refractivity contribution in [2.75, 3.05) is 20.6 Å². The van der Waals surface area contributed by atoms with Crippen LogP contribution in [0.15, 0.2) is 42.6 Å². The fourth-order valence-corrected chi connectivity index (χ4v) is 3.08. The summed E-state index contributed by atoms with van der Waals surface area (Å²) in [6.45, 7) is 0.523. The Kier molecular flexibility index (Phi) is 5.81.